The number of aliphatic carboxylic acids is 1. The van der Waals surface area contributed by atoms with E-state index in [1.54, 1.807) is 0 Å². The second-order valence-electron chi connectivity index (χ2n) is 4.62. The average molecular weight is 285 g/mol. The second kappa shape index (κ2) is 7.46. The maximum absolute atomic E-state index is 11.9. The van der Waals surface area contributed by atoms with Gasteiger partial charge in [-0.25, -0.2) is 4.79 Å². The Balaban J connectivity index is 2.42. The summed E-state index contributed by atoms with van der Waals surface area (Å²) in [4.78, 5) is 46.2. The zero-order valence-corrected chi connectivity index (χ0v) is 11.3. The number of carbonyl (C=O) groups excluding carboxylic acids is 3. The largest absolute Gasteiger partial charge is 0.480 e. The highest BCUT2D eigenvalue weighted by Gasteiger charge is 2.31. The Morgan fingerprint density at radius 3 is 2.45 bits per heavy atom. The van der Waals surface area contributed by atoms with Gasteiger partial charge in [0.2, 0.25) is 17.7 Å². The van der Waals surface area contributed by atoms with Crippen molar-refractivity contribution in [3.05, 3.63) is 0 Å². The average Bonchev–Trinajstić information content (AvgIpc) is 2.42. The summed E-state index contributed by atoms with van der Waals surface area (Å²) in [6.07, 6.45) is 1.96. The van der Waals surface area contributed by atoms with Gasteiger partial charge < -0.3 is 20.6 Å². The van der Waals surface area contributed by atoms with Gasteiger partial charge in [-0.1, -0.05) is 0 Å². The Morgan fingerprint density at radius 1 is 1.15 bits per heavy atom. The van der Waals surface area contributed by atoms with E-state index in [4.69, 9.17) is 5.11 Å². The first-order valence-electron chi connectivity index (χ1n) is 6.45. The summed E-state index contributed by atoms with van der Waals surface area (Å²) in [6.45, 7) is 1.20. The standard InChI is InChI=1S/C12H19N3O5/c1-8(16)13-6-10(17)14-7-11(18)15-5-3-2-4-9(15)12(19)20/h9H,2-7H2,1H3,(H,13,16)(H,14,17)(H,19,20)/t9-/m1/s1. The summed E-state index contributed by atoms with van der Waals surface area (Å²) in [5.74, 6) is -2.28. The van der Waals surface area contributed by atoms with Gasteiger partial charge in [0.05, 0.1) is 13.1 Å². The molecule has 0 aromatic heterocycles. The van der Waals surface area contributed by atoms with Gasteiger partial charge in [0.25, 0.3) is 0 Å². The lowest BCUT2D eigenvalue weighted by Crippen LogP contribution is -2.51. The summed E-state index contributed by atoms with van der Waals surface area (Å²) < 4.78 is 0. The molecule has 0 aromatic carbocycles. The molecule has 0 unspecified atom stereocenters. The molecule has 0 spiro atoms. The van der Waals surface area contributed by atoms with Gasteiger partial charge in [0.1, 0.15) is 6.04 Å². The maximum Gasteiger partial charge on any atom is 0.326 e. The van der Waals surface area contributed by atoms with Crippen LogP contribution in [-0.2, 0) is 19.2 Å². The molecule has 0 radical (unpaired) electrons. The number of hydrogen-bond acceptors (Lipinski definition) is 4. The van der Waals surface area contributed by atoms with E-state index in [0.717, 1.165) is 12.8 Å². The first-order chi connectivity index (χ1) is 9.41. The highest BCUT2D eigenvalue weighted by Crippen LogP contribution is 2.17. The lowest BCUT2D eigenvalue weighted by atomic mass is 10.0. The van der Waals surface area contributed by atoms with E-state index < -0.39 is 23.8 Å². The third kappa shape index (κ3) is 4.87. The molecule has 3 N–H and O–H groups in total. The van der Waals surface area contributed by atoms with Gasteiger partial charge >= 0.3 is 5.97 Å². The van der Waals surface area contributed by atoms with Gasteiger partial charge in [0, 0.05) is 13.5 Å². The smallest absolute Gasteiger partial charge is 0.326 e. The molecule has 3 amide bonds. The van der Waals surface area contributed by atoms with Gasteiger partial charge in [-0.05, 0) is 19.3 Å². The third-order valence-corrected chi connectivity index (χ3v) is 3.04. The Kier molecular flexibility index (Phi) is 5.95. The topological polar surface area (TPSA) is 116 Å². The maximum atomic E-state index is 11.9. The summed E-state index contributed by atoms with van der Waals surface area (Å²) in [5.41, 5.74) is 0. The molecule has 0 aromatic rings. The lowest BCUT2D eigenvalue weighted by molar-refractivity contribution is -0.151. The number of amides is 3. The predicted octanol–water partition coefficient (Wildman–Crippen LogP) is -1.30. The number of carboxylic acids is 1. The van der Waals surface area contributed by atoms with Gasteiger partial charge in [-0.3, -0.25) is 14.4 Å². The molecule has 1 rings (SSSR count). The summed E-state index contributed by atoms with van der Waals surface area (Å²) >= 11 is 0. The van der Waals surface area contributed by atoms with Crippen molar-refractivity contribution in [2.24, 2.45) is 0 Å². The molecular weight excluding hydrogens is 266 g/mol. The van der Waals surface area contributed by atoms with Crippen LogP contribution in [0.25, 0.3) is 0 Å². The van der Waals surface area contributed by atoms with Crippen LogP contribution in [0.5, 0.6) is 0 Å². The van der Waals surface area contributed by atoms with Gasteiger partial charge in [0.15, 0.2) is 0 Å². The minimum atomic E-state index is -1.03. The van der Waals surface area contributed by atoms with E-state index in [1.165, 1.54) is 11.8 Å². The molecule has 1 aliphatic heterocycles. The minimum absolute atomic E-state index is 0.203. The third-order valence-electron chi connectivity index (χ3n) is 3.04. The predicted molar refractivity (Wildman–Crippen MR) is 68.7 cm³/mol. The monoisotopic (exact) mass is 285 g/mol. The highest BCUT2D eigenvalue weighted by atomic mass is 16.4. The second-order valence-corrected chi connectivity index (χ2v) is 4.62. The van der Waals surface area contributed by atoms with Crippen LogP contribution >= 0.6 is 0 Å². The molecule has 20 heavy (non-hydrogen) atoms. The van der Waals surface area contributed by atoms with Crippen LogP contribution in [0.2, 0.25) is 0 Å². The first-order valence-corrected chi connectivity index (χ1v) is 6.45. The van der Waals surface area contributed by atoms with E-state index in [0.29, 0.717) is 13.0 Å². The van der Waals surface area contributed by atoms with Crippen molar-refractivity contribution in [3.8, 4) is 0 Å². The normalized spacial score (nSPS) is 18.2. The van der Waals surface area contributed by atoms with Crippen molar-refractivity contribution >= 4 is 23.7 Å². The van der Waals surface area contributed by atoms with Crippen LogP contribution in [0.3, 0.4) is 0 Å². The summed E-state index contributed by atoms with van der Waals surface area (Å²) in [7, 11) is 0. The van der Waals surface area contributed by atoms with E-state index in [1.807, 2.05) is 0 Å². The molecule has 1 saturated heterocycles. The van der Waals surface area contributed by atoms with Crippen LogP contribution in [0, 0.1) is 0 Å². The van der Waals surface area contributed by atoms with Crippen molar-refractivity contribution in [2.45, 2.75) is 32.2 Å². The van der Waals surface area contributed by atoms with Crippen LogP contribution < -0.4 is 10.6 Å². The molecular formula is C12H19N3O5. The summed E-state index contributed by atoms with van der Waals surface area (Å²) in [5, 5.41) is 13.7. The van der Waals surface area contributed by atoms with E-state index in [9.17, 15) is 19.2 Å². The SMILES string of the molecule is CC(=O)NCC(=O)NCC(=O)N1CCCC[C@@H]1C(=O)O. The van der Waals surface area contributed by atoms with Crippen molar-refractivity contribution in [2.75, 3.05) is 19.6 Å². The van der Waals surface area contributed by atoms with Crippen LogP contribution in [0.4, 0.5) is 0 Å². The molecule has 8 nitrogen and oxygen atoms in total. The Hall–Kier alpha value is -2.12. The fourth-order valence-corrected chi connectivity index (χ4v) is 2.03. The number of nitrogens with zero attached hydrogens (tertiary/aromatic N) is 1. The van der Waals surface area contributed by atoms with E-state index >= 15 is 0 Å². The molecule has 112 valence electrons. The van der Waals surface area contributed by atoms with Crippen molar-refractivity contribution in [3.63, 3.8) is 0 Å². The van der Waals surface area contributed by atoms with Gasteiger partial charge in [-0.15, -0.1) is 0 Å². The van der Waals surface area contributed by atoms with Crippen LogP contribution in [0.15, 0.2) is 0 Å². The lowest BCUT2D eigenvalue weighted by Gasteiger charge is -2.33. The molecule has 0 bridgehead atoms. The van der Waals surface area contributed by atoms with Crippen molar-refractivity contribution in [1.82, 2.24) is 15.5 Å². The molecule has 1 atom stereocenters. The van der Waals surface area contributed by atoms with E-state index in [2.05, 4.69) is 10.6 Å². The fourth-order valence-electron chi connectivity index (χ4n) is 2.03. The summed E-state index contributed by atoms with van der Waals surface area (Å²) in [6, 6.07) is -0.816. The van der Waals surface area contributed by atoms with E-state index in [-0.39, 0.29) is 19.0 Å². The molecule has 1 fully saturated rings. The minimum Gasteiger partial charge on any atom is -0.480 e. The number of hydrogen-bond donors (Lipinski definition) is 3. The Morgan fingerprint density at radius 2 is 1.85 bits per heavy atom. The van der Waals surface area contributed by atoms with Crippen LogP contribution in [-0.4, -0.2) is 59.4 Å². The number of rotatable bonds is 5. The number of piperidine rings is 1. The number of carboxylic acid groups (broad SMARTS) is 1. The van der Waals surface area contributed by atoms with Gasteiger partial charge in [-0.2, -0.15) is 0 Å². The quantitative estimate of drug-likeness (QED) is 0.581. The Bertz CT molecular complexity index is 410. The van der Waals surface area contributed by atoms with Crippen molar-refractivity contribution < 1.29 is 24.3 Å². The fraction of sp³-hybridized carbons (Fsp3) is 0.667. The molecule has 0 saturated carbocycles. The number of nitrogens with one attached hydrogen (secondary N) is 2. The number of likely N-dealkylation sites (tertiary alicyclic amines) is 1. The molecule has 0 aliphatic carbocycles. The zero-order chi connectivity index (χ0) is 15.1. The molecule has 1 aliphatic rings. The zero-order valence-electron chi connectivity index (χ0n) is 11.3. The highest BCUT2D eigenvalue weighted by molar-refractivity contribution is 5.89. The first kappa shape index (κ1) is 15.9. The van der Waals surface area contributed by atoms with Crippen LogP contribution in [0.1, 0.15) is 26.2 Å². The molecule has 8 heteroatoms. The van der Waals surface area contributed by atoms with Crippen molar-refractivity contribution in [1.29, 1.82) is 0 Å². The number of carbonyl (C=O) groups is 4. The Labute approximate surface area is 116 Å². The molecule has 1 heterocycles.